The lowest BCUT2D eigenvalue weighted by Gasteiger charge is -2.46. The number of hydrogen-bond donors (Lipinski definition) is 1. The van der Waals surface area contributed by atoms with Gasteiger partial charge in [0.1, 0.15) is 0 Å². The lowest BCUT2D eigenvalue weighted by Crippen LogP contribution is -2.53. The van der Waals surface area contributed by atoms with Gasteiger partial charge < -0.3 is 9.88 Å². The first-order valence-corrected chi connectivity index (χ1v) is 4.81. The lowest BCUT2D eigenvalue weighted by molar-refractivity contribution is 0.152. The molecule has 1 aromatic rings. The van der Waals surface area contributed by atoms with Crippen LogP contribution in [0.15, 0.2) is 18.3 Å². The fraction of sp³-hybridized carbons (Fsp3) is 0.600. The molecule has 1 spiro atoms. The second-order valence-corrected chi connectivity index (χ2v) is 3.95. The van der Waals surface area contributed by atoms with Gasteiger partial charge in [0.05, 0.1) is 5.54 Å². The number of nitrogens with zero attached hydrogens (tertiary/aromatic N) is 1. The monoisotopic (exact) mass is 162 g/mol. The van der Waals surface area contributed by atoms with E-state index in [0.717, 1.165) is 13.1 Å². The van der Waals surface area contributed by atoms with Crippen molar-refractivity contribution >= 4 is 0 Å². The molecule has 1 N–H and O–H groups in total. The molecular formula is C10H14N2. The van der Waals surface area contributed by atoms with Crippen LogP contribution in [0, 0.1) is 0 Å². The first kappa shape index (κ1) is 6.72. The average molecular weight is 162 g/mol. The number of aromatic nitrogens is 1. The summed E-state index contributed by atoms with van der Waals surface area (Å²) < 4.78 is 2.40. The maximum atomic E-state index is 3.65. The first-order valence-electron chi connectivity index (χ1n) is 4.81. The summed E-state index contributed by atoms with van der Waals surface area (Å²) in [5.41, 5.74) is 1.89. The predicted octanol–water partition coefficient (Wildman–Crippen LogP) is 1.47. The Balaban J connectivity index is 2.09. The van der Waals surface area contributed by atoms with Crippen LogP contribution in [0.1, 0.15) is 25.0 Å². The Hall–Kier alpha value is -0.760. The first-order chi connectivity index (χ1) is 5.91. The van der Waals surface area contributed by atoms with E-state index in [1.165, 1.54) is 25.0 Å². The summed E-state index contributed by atoms with van der Waals surface area (Å²) in [5, 5.41) is 3.65. The van der Waals surface area contributed by atoms with Crippen molar-refractivity contribution < 1.29 is 0 Å². The molecule has 1 aliphatic heterocycles. The molecule has 2 nitrogen and oxygen atoms in total. The largest absolute Gasteiger partial charge is 0.348 e. The van der Waals surface area contributed by atoms with Crippen molar-refractivity contribution in [2.75, 3.05) is 6.54 Å². The van der Waals surface area contributed by atoms with Crippen LogP contribution >= 0.6 is 0 Å². The number of fused-ring (bicyclic) bond motifs is 2. The zero-order valence-corrected chi connectivity index (χ0v) is 7.21. The van der Waals surface area contributed by atoms with Crippen LogP contribution in [0.3, 0.4) is 0 Å². The summed E-state index contributed by atoms with van der Waals surface area (Å²) >= 11 is 0. The third kappa shape index (κ3) is 0.686. The quantitative estimate of drug-likeness (QED) is 0.611. The van der Waals surface area contributed by atoms with Gasteiger partial charge in [-0.2, -0.15) is 0 Å². The molecule has 2 aliphatic rings. The molecule has 0 aromatic carbocycles. The molecule has 0 unspecified atom stereocenters. The molecule has 0 amide bonds. The number of rotatable bonds is 0. The molecule has 2 heteroatoms. The van der Waals surface area contributed by atoms with Crippen molar-refractivity contribution in [1.29, 1.82) is 0 Å². The highest BCUT2D eigenvalue weighted by atomic mass is 15.1. The summed E-state index contributed by atoms with van der Waals surface area (Å²) in [5.74, 6) is 0. The second-order valence-electron chi connectivity index (χ2n) is 3.95. The van der Waals surface area contributed by atoms with Crippen LogP contribution in [0.4, 0.5) is 0 Å². The minimum absolute atomic E-state index is 0.377. The van der Waals surface area contributed by atoms with Gasteiger partial charge in [0.2, 0.25) is 0 Å². The molecule has 1 saturated carbocycles. The van der Waals surface area contributed by atoms with Gasteiger partial charge >= 0.3 is 0 Å². The standard InChI is InChI=1S/C10H14N2/c1-3-9-10(4-2-5-10)11-6-8-12(9)7-1/h1,3,7,11H,2,4-6,8H2. The molecule has 3 rings (SSSR count). The van der Waals surface area contributed by atoms with E-state index >= 15 is 0 Å². The Bertz CT molecular complexity index is 297. The molecular weight excluding hydrogens is 148 g/mol. The van der Waals surface area contributed by atoms with Crippen molar-refractivity contribution in [1.82, 2.24) is 9.88 Å². The maximum absolute atomic E-state index is 3.65. The van der Waals surface area contributed by atoms with E-state index in [0.29, 0.717) is 5.54 Å². The van der Waals surface area contributed by atoms with Gasteiger partial charge in [0.25, 0.3) is 0 Å². The van der Waals surface area contributed by atoms with E-state index in [2.05, 4.69) is 28.2 Å². The van der Waals surface area contributed by atoms with E-state index in [9.17, 15) is 0 Å². The van der Waals surface area contributed by atoms with E-state index in [4.69, 9.17) is 0 Å². The van der Waals surface area contributed by atoms with Crippen LogP contribution in [0.25, 0.3) is 0 Å². The van der Waals surface area contributed by atoms with E-state index in [1.807, 2.05) is 0 Å². The topological polar surface area (TPSA) is 17.0 Å². The summed E-state index contributed by atoms with van der Waals surface area (Å²) in [6, 6.07) is 4.44. The smallest absolute Gasteiger partial charge is 0.0589 e. The van der Waals surface area contributed by atoms with Gasteiger partial charge in [-0.25, -0.2) is 0 Å². The Morgan fingerprint density at radius 3 is 3.08 bits per heavy atom. The van der Waals surface area contributed by atoms with Gasteiger partial charge in [-0.05, 0) is 31.4 Å². The highest BCUT2D eigenvalue weighted by molar-refractivity contribution is 5.23. The van der Waals surface area contributed by atoms with Gasteiger partial charge in [0, 0.05) is 25.0 Å². The molecule has 1 aliphatic carbocycles. The molecule has 1 fully saturated rings. The van der Waals surface area contributed by atoms with E-state index < -0.39 is 0 Å². The van der Waals surface area contributed by atoms with Crippen molar-refractivity contribution in [2.45, 2.75) is 31.3 Å². The summed E-state index contributed by atoms with van der Waals surface area (Å²) in [7, 11) is 0. The fourth-order valence-electron chi connectivity index (χ4n) is 2.51. The normalized spacial score (nSPS) is 25.0. The molecule has 0 radical (unpaired) electrons. The van der Waals surface area contributed by atoms with Crippen LogP contribution < -0.4 is 5.32 Å². The fourth-order valence-corrected chi connectivity index (χ4v) is 2.51. The Morgan fingerprint density at radius 2 is 2.33 bits per heavy atom. The maximum Gasteiger partial charge on any atom is 0.0589 e. The Labute approximate surface area is 72.6 Å². The van der Waals surface area contributed by atoms with Crippen LogP contribution in [0.5, 0.6) is 0 Å². The van der Waals surface area contributed by atoms with E-state index in [-0.39, 0.29) is 0 Å². The summed E-state index contributed by atoms with van der Waals surface area (Å²) in [6.45, 7) is 2.28. The van der Waals surface area contributed by atoms with Gasteiger partial charge in [-0.1, -0.05) is 0 Å². The molecule has 2 heterocycles. The van der Waals surface area contributed by atoms with Crippen molar-refractivity contribution in [3.8, 4) is 0 Å². The molecule has 1 aromatic heterocycles. The van der Waals surface area contributed by atoms with Crippen molar-refractivity contribution in [3.05, 3.63) is 24.0 Å². The third-order valence-corrected chi connectivity index (χ3v) is 3.34. The Morgan fingerprint density at radius 1 is 1.42 bits per heavy atom. The summed E-state index contributed by atoms with van der Waals surface area (Å²) in [4.78, 5) is 0. The molecule has 0 bridgehead atoms. The summed E-state index contributed by atoms with van der Waals surface area (Å²) in [6.07, 6.45) is 6.25. The van der Waals surface area contributed by atoms with E-state index in [1.54, 1.807) is 0 Å². The minimum Gasteiger partial charge on any atom is -0.348 e. The van der Waals surface area contributed by atoms with Crippen LogP contribution in [-0.2, 0) is 12.1 Å². The van der Waals surface area contributed by atoms with Crippen molar-refractivity contribution in [3.63, 3.8) is 0 Å². The number of nitrogens with one attached hydrogen (secondary N) is 1. The van der Waals surface area contributed by atoms with Gasteiger partial charge in [-0.15, -0.1) is 0 Å². The average Bonchev–Trinajstić information content (AvgIpc) is 2.47. The second kappa shape index (κ2) is 2.13. The molecule has 12 heavy (non-hydrogen) atoms. The number of hydrogen-bond acceptors (Lipinski definition) is 1. The van der Waals surface area contributed by atoms with Crippen molar-refractivity contribution in [2.24, 2.45) is 0 Å². The lowest BCUT2D eigenvalue weighted by atomic mass is 9.73. The SMILES string of the molecule is c1cc2n(c1)CCNC21CCC1. The molecule has 0 saturated heterocycles. The predicted molar refractivity (Wildman–Crippen MR) is 48.0 cm³/mol. The van der Waals surface area contributed by atoms with Gasteiger partial charge in [0.15, 0.2) is 0 Å². The third-order valence-electron chi connectivity index (χ3n) is 3.34. The van der Waals surface area contributed by atoms with Crippen LogP contribution in [0.2, 0.25) is 0 Å². The van der Waals surface area contributed by atoms with Crippen LogP contribution in [-0.4, -0.2) is 11.1 Å². The zero-order chi connectivity index (χ0) is 8.02. The molecule has 64 valence electrons. The Kier molecular flexibility index (Phi) is 1.20. The molecule has 0 atom stereocenters. The van der Waals surface area contributed by atoms with Gasteiger partial charge in [-0.3, -0.25) is 0 Å². The minimum atomic E-state index is 0.377. The highest BCUT2D eigenvalue weighted by Crippen LogP contribution is 2.42. The highest BCUT2D eigenvalue weighted by Gasteiger charge is 2.41. The zero-order valence-electron chi connectivity index (χ0n) is 7.21.